The Hall–Kier alpha value is -3.03. The van der Waals surface area contributed by atoms with Gasteiger partial charge >= 0.3 is 0 Å². The van der Waals surface area contributed by atoms with Crippen molar-refractivity contribution in [3.05, 3.63) is 54.2 Å². The van der Waals surface area contributed by atoms with Crippen LogP contribution in [-0.4, -0.2) is 77.0 Å². The molecule has 1 aliphatic rings. The van der Waals surface area contributed by atoms with Gasteiger partial charge in [-0.25, -0.2) is 15.0 Å². The molecule has 2 aromatic carbocycles. The van der Waals surface area contributed by atoms with Crippen molar-refractivity contribution < 1.29 is 4.79 Å². The van der Waals surface area contributed by atoms with Gasteiger partial charge in [0, 0.05) is 62.0 Å². The number of hydrogen-bond acceptors (Lipinski definition) is 6. The maximum Gasteiger partial charge on any atom is 0.253 e. The predicted molar refractivity (Wildman–Crippen MR) is 125 cm³/mol. The molecule has 0 aliphatic carbocycles. The van der Waals surface area contributed by atoms with Crippen LogP contribution in [0.15, 0.2) is 48.7 Å². The smallest absolute Gasteiger partial charge is 0.253 e. The molecule has 0 spiro atoms. The van der Waals surface area contributed by atoms with Gasteiger partial charge < -0.3 is 9.80 Å². The second-order valence-electron chi connectivity index (χ2n) is 7.90. The van der Waals surface area contributed by atoms with Gasteiger partial charge in [-0.05, 0) is 38.6 Å². The van der Waals surface area contributed by atoms with Crippen LogP contribution in [0.5, 0.6) is 0 Å². The summed E-state index contributed by atoms with van der Waals surface area (Å²) in [5.74, 6) is 0.652. The summed E-state index contributed by atoms with van der Waals surface area (Å²) in [6.07, 6.45) is 1.86. The Morgan fingerprint density at radius 2 is 1.81 bits per heavy atom. The quantitative estimate of drug-likeness (QED) is 0.662. The summed E-state index contributed by atoms with van der Waals surface area (Å²) in [6, 6.07) is 13.9. The lowest BCUT2D eigenvalue weighted by atomic mass is 10.00. The van der Waals surface area contributed by atoms with E-state index in [0.717, 1.165) is 48.2 Å². The number of hydrazine groups is 1. The molecule has 0 atom stereocenters. The van der Waals surface area contributed by atoms with Crippen LogP contribution >= 0.6 is 0 Å². The number of para-hydroxylation sites is 1. The van der Waals surface area contributed by atoms with E-state index >= 15 is 0 Å². The van der Waals surface area contributed by atoms with Gasteiger partial charge in [-0.1, -0.05) is 30.3 Å². The van der Waals surface area contributed by atoms with E-state index in [0.29, 0.717) is 24.6 Å². The number of nitrogens with zero attached hydrogens (tertiary/aromatic N) is 5. The summed E-state index contributed by atoms with van der Waals surface area (Å²) in [4.78, 5) is 26.3. The topological polar surface area (TPSA) is 64.6 Å². The third kappa shape index (κ3) is 4.68. The van der Waals surface area contributed by atoms with Crippen LogP contribution in [0.3, 0.4) is 0 Å². The monoisotopic (exact) mass is 418 g/mol. The highest BCUT2D eigenvalue weighted by molar-refractivity contribution is 5.98. The lowest BCUT2D eigenvalue weighted by molar-refractivity contribution is 0.0773. The van der Waals surface area contributed by atoms with Crippen LogP contribution in [0.1, 0.15) is 24.2 Å². The molecule has 1 aliphatic heterocycles. The number of carbonyl (C=O) groups is 1. The molecule has 1 N–H and O–H groups in total. The van der Waals surface area contributed by atoms with E-state index in [9.17, 15) is 4.79 Å². The lowest BCUT2D eigenvalue weighted by Crippen LogP contribution is -2.47. The third-order valence-corrected chi connectivity index (χ3v) is 5.84. The summed E-state index contributed by atoms with van der Waals surface area (Å²) in [5, 5.41) is 3.13. The number of anilines is 1. The van der Waals surface area contributed by atoms with Gasteiger partial charge in [0.25, 0.3) is 5.91 Å². The highest BCUT2D eigenvalue weighted by Crippen LogP contribution is 2.28. The lowest BCUT2D eigenvalue weighted by Gasteiger charge is -2.32. The van der Waals surface area contributed by atoms with Crippen LogP contribution in [-0.2, 0) is 0 Å². The SMILES string of the molecule is CCN(CC)C(=O)c1cccc(-c2cccc3cnc(NN4CCN(C)CC4)nc23)c1. The minimum absolute atomic E-state index is 0.0548. The van der Waals surface area contributed by atoms with Crippen molar-refractivity contribution in [3.8, 4) is 11.1 Å². The maximum absolute atomic E-state index is 12.8. The van der Waals surface area contributed by atoms with E-state index in [-0.39, 0.29) is 5.91 Å². The summed E-state index contributed by atoms with van der Waals surface area (Å²) in [7, 11) is 2.13. The van der Waals surface area contributed by atoms with Gasteiger partial charge in [0.05, 0.1) is 5.52 Å². The Morgan fingerprint density at radius 1 is 1.06 bits per heavy atom. The maximum atomic E-state index is 12.8. The van der Waals surface area contributed by atoms with Crippen molar-refractivity contribution >= 4 is 22.8 Å². The number of piperazine rings is 1. The Balaban J connectivity index is 1.66. The fraction of sp³-hybridized carbons (Fsp3) is 0.375. The molecular formula is C24H30N6O. The van der Waals surface area contributed by atoms with E-state index in [1.54, 1.807) is 0 Å². The Labute approximate surface area is 183 Å². The molecule has 3 aromatic rings. The number of aromatic nitrogens is 2. The van der Waals surface area contributed by atoms with Gasteiger partial charge in [0.2, 0.25) is 5.95 Å². The molecule has 4 rings (SSSR count). The summed E-state index contributed by atoms with van der Waals surface area (Å²) >= 11 is 0. The van der Waals surface area contributed by atoms with Gasteiger partial charge in [0.15, 0.2) is 0 Å². The molecule has 162 valence electrons. The zero-order chi connectivity index (χ0) is 21.8. The molecule has 1 saturated heterocycles. The van der Waals surface area contributed by atoms with Crippen molar-refractivity contribution in [1.82, 2.24) is 24.8 Å². The molecule has 0 saturated carbocycles. The molecule has 7 heteroatoms. The van der Waals surface area contributed by atoms with Crippen LogP contribution in [0, 0.1) is 0 Å². The van der Waals surface area contributed by atoms with Gasteiger partial charge in [0.1, 0.15) is 0 Å². The second-order valence-corrected chi connectivity index (χ2v) is 7.90. The molecule has 1 aromatic heterocycles. The first kappa shape index (κ1) is 21.2. The first-order chi connectivity index (χ1) is 15.1. The molecule has 0 unspecified atom stereocenters. The summed E-state index contributed by atoms with van der Waals surface area (Å²) in [5.41, 5.74) is 6.90. The standard InChI is InChI=1S/C24H30N6O/c1-4-29(5-2)23(31)19-9-6-8-18(16-19)21-11-7-10-20-17-25-24(26-22(20)21)27-30-14-12-28(3)13-15-30/h6-11,16-17H,4-5,12-15H2,1-3H3,(H,25,26,27). The highest BCUT2D eigenvalue weighted by Gasteiger charge is 2.16. The Bertz CT molecular complexity index is 1060. The number of nitrogens with one attached hydrogen (secondary N) is 1. The fourth-order valence-electron chi connectivity index (χ4n) is 3.92. The Kier molecular flexibility index (Phi) is 6.44. The van der Waals surface area contributed by atoms with E-state index < -0.39 is 0 Å². The molecule has 0 radical (unpaired) electrons. The predicted octanol–water partition coefficient (Wildman–Crippen LogP) is 3.35. The van der Waals surface area contributed by atoms with Gasteiger partial charge in [-0.2, -0.15) is 0 Å². The summed E-state index contributed by atoms with van der Waals surface area (Å²) < 4.78 is 0. The molecule has 7 nitrogen and oxygen atoms in total. The minimum atomic E-state index is 0.0548. The van der Waals surface area contributed by atoms with Crippen molar-refractivity contribution in [2.24, 2.45) is 0 Å². The zero-order valence-corrected chi connectivity index (χ0v) is 18.5. The first-order valence-electron chi connectivity index (χ1n) is 10.9. The highest BCUT2D eigenvalue weighted by atomic mass is 16.2. The number of benzene rings is 2. The molecule has 2 heterocycles. The third-order valence-electron chi connectivity index (χ3n) is 5.84. The van der Waals surface area contributed by atoms with Crippen LogP contribution in [0.25, 0.3) is 22.0 Å². The van der Waals surface area contributed by atoms with Crippen LogP contribution < -0.4 is 5.43 Å². The largest absolute Gasteiger partial charge is 0.339 e. The molecule has 31 heavy (non-hydrogen) atoms. The normalized spacial score (nSPS) is 15.2. The molecular weight excluding hydrogens is 388 g/mol. The molecule has 0 bridgehead atoms. The number of carbonyl (C=O) groups excluding carboxylic acids is 1. The molecule has 1 amide bonds. The number of amides is 1. The minimum Gasteiger partial charge on any atom is -0.339 e. The second kappa shape index (κ2) is 9.41. The van der Waals surface area contributed by atoms with Gasteiger partial charge in [-0.3, -0.25) is 10.2 Å². The number of fused-ring (bicyclic) bond motifs is 1. The van der Waals surface area contributed by atoms with Crippen molar-refractivity contribution in [3.63, 3.8) is 0 Å². The van der Waals surface area contributed by atoms with Crippen LogP contribution in [0.4, 0.5) is 5.95 Å². The van der Waals surface area contributed by atoms with E-state index in [1.165, 1.54) is 0 Å². The number of rotatable bonds is 6. The van der Waals surface area contributed by atoms with Gasteiger partial charge in [-0.15, -0.1) is 0 Å². The van der Waals surface area contributed by atoms with E-state index in [1.807, 2.05) is 61.3 Å². The first-order valence-corrected chi connectivity index (χ1v) is 10.9. The van der Waals surface area contributed by atoms with Crippen molar-refractivity contribution in [2.45, 2.75) is 13.8 Å². The fourth-order valence-corrected chi connectivity index (χ4v) is 3.92. The van der Waals surface area contributed by atoms with Crippen molar-refractivity contribution in [1.29, 1.82) is 0 Å². The van der Waals surface area contributed by atoms with E-state index in [4.69, 9.17) is 4.98 Å². The number of likely N-dealkylation sites (N-methyl/N-ethyl adjacent to an activating group) is 1. The Morgan fingerprint density at radius 3 is 2.55 bits per heavy atom. The van der Waals surface area contributed by atoms with Crippen LogP contribution in [0.2, 0.25) is 0 Å². The average Bonchev–Trinajstić information content (AvgIpc) is 2.81. The number of hydrogen-bond donors (Lipinski definition) is 1. The zero-order valence-electron chi connectivity index (χ0n) is 18.5. The van der Waals surface area contributed by atoms with Crippen molar-refractivity contribution in [2.75, 3.05) is 51.7 Å². The molecule has 1 fully saturated rings. The van der Waals surface area contributed by atoms with E-state index in [2.05, 4.69) is 33.4 Å². The average molecular weight is 419 g/mol. The summed E-state index contributed by atoms with van der Waals surface area (Å²) in [6.45, 7) is 9.27.